The van der Waals surface area contributed by atoms with Gasteiger partial charge < -0.3 is 0 Å². The second kappa shape index (κ2) is 6.83. The van der Waals surface area contributed by atoms with E-state index in [4.69, 9.17) is 0 Å². The molecule has 0 saturated heterocycles. The molecule has 0 N–H and O–H groups in total. The zero-order chi connectivity index (χ0) is 22.3. The van der Waals surface area contributed by atoms with E-state index in [9.17, 15) is 0 Å². The van der Waals surface area contributed by atoms with Crippen molar-refractivity contribution in [3.05, 3.63) is 94.0 Å². The second-order valence-corrected chi connectivity index (χ2v) is 12.0. The molecule has 32 heavy (non-hydrogen) atoms. The monoisotopic (exact) mass is 420 g/mol. The van der Waals surface area contributed by atoms with Gasteiger partial charge in [0.15, 0.2) is 0 Å². The van der Waals surface area contributed by atoms with Gasteiger partial charge in [-0.25, -0.2) is 0 Å². The molecule has 0 aromatic heterocycles. The Labute approximate surface area is 194 Å². The lowest BCUT2D eigenvalue weighted by Gasteiger charge is -2.35. The van der Waals surface area contributed by atoms with Gasteiger partial charge in [-0.05, 0) is 107 Å². The molecule has 6 rings (SSSR count). The van der Waals surface area contributed by atoms with E-state index in [1.54, 1.807) is 16.7 Å². The summed E-state index contributed by atoms with van der Waals surface area (Å²) in [5.41, 5.74) is 12.8. The molecule has 0 amide bonds. The Morgan fingerprint density at radius 2 is 1.53 bits per heavy atom. The lowest BCUT2D eigenvalue weighted by molar-refractivity contribution is 0.239. The molecular weight excluding hydrogens is 384 g/mol. The lowest BCUT2D eigenvalue weighted by Crippen LogP contribution is -2.29. The molecule has 0 radical (unpaired) electrons. The molecule has 2 saturated carbocycles. The molecule has 0 bridgehead atoms. The molecule has 4 unspecified atom stereocenters. The Bertz CT molecular complexity index is 1210. The minimum Gasteiger partial charge on any atom is -0.0619 e. The van der Waals surface area contributed by atoms with Gasteiger partial charge >= 0.3 is 0 Å². The number of benzene rings is 3. The van der Waals surface area contributed by atoms with Crippen LogP contribution in [-0.4, -0.2) is 0 Å². The van der Waals surface area contributed by atoms with Crippen LogP contribution >= 0.6 is 0 Å². The Morgan fingerprint density at radius 1 is 0.781 bits per heavy atom. The summed E-state index contributed by atoms with van der Waals surface area (Å²) in [5, 5.41) is 0. The van der Waals surface area contributed by atoms with E-state index in [2.05, 4.69) is 95.3 Å². The molecule has 3 aliphatic rings. The minimum atomic E-state index is 0.259. The first-order chi connectivity index (χ1) is 15.3. The van der Waals surface area contributed by atoms with Gasteiger partial charge in [0.2, 0.25) is 0 Å². The highest BCUT2D eigenvalue weighted by molar-refractivity contribution is 5.78. The first-order valence-electron chi connectivity index (χ1n) is 12.6. The third kappa shape index (κ3) is 2.81. The molecule has 0 heteroatoms. The Hall–Kier alpha value is -2.34. The van der Waals surface area contributed by atoms with Crippen molar-refractivity contribution >= 4 is 0 Å². The van der Waals surface area contributed by atoms with Crippen LogP contribution in [0.4, 0.5) is 0 Å². The highest BCUT2D eigenvalue weighted by atomic mass is 14.6. The minimum absolute atomic E-state index is 0.259. The topological polar surface area (TPSA) is 0 Å². The third-order valence-electron chi connectivity index (χ3n) is 9.54. The first-order valence-corrected chi connectivity index (χ1v) is 12.6. The van der Waals surface area contributed by atoms with Gasteiger partial charge in [-0.1, -0.05) is 87.0 Å². The normalized spacial score (nSPS) is 29.6. The number of aryl methyl sites for hydroxylation is 2. The molecule has 3 aromatic carbocycles. The molecular formula is C32H36. The Balaban J connectivity index is 1.42. The zero-order valence-electron chi connectivity index (χ0n) is 20.3. The average Bonchev–Trinajstić information content (AvgIpc) is 3.40. The molecule has 0 heterocycles. The molecule has 0 nitrogen and oxygen atoms in total. The molecule has 4 atom stereocenters. The maximum Gasteiger partial charge on any atom is -0.00105 e. The molecule has 3 aliphatic carbocycles. The summed E-state index contributed by atoms with van der Waals surface area (Å²) in [6, 6.07) is 23.4. The van der Waals surface area contributed by atoms with Crippen molar-refractivity contribution in [2.75, 3.05) is 0 Å². The van der Waals surface area contributed by atoms with Gasteiger partial charge in [0, 0.05) is 0 Å². The summed E-state index contributed by atoms with van der Waals surface area (Å²) in [7, 11) is 0. The lowest BCUT2D eigenvalue weighted by atomic mass is 9.69. The summed E-state index contributed by atoms with van der Waals surface area (Å²) in [6.45, 7) is 12.3. The average molecular weight is 421 g/mol. The number of rotatable bonds is 2. The fraction of sp³-hybridized carbons (Fsp3) is 0.438. The largest absolute Gasteiger partial charge is 0.0619 e. The van der Waals surface area contributed by atoms with Crippen molar-refractivity contribution in [1.29, 1.82) is 0 Å². The van der Waals surface area contributed by atoms with Crippen molar-refractivity contribution in [1.82, 2.24) is 0 Å². The number of hydrogen-bond acceptors (Lipinski definition) is 0. The van der Waals surface area contributed by atoms with Crippen LogP contribution in [0, 0.1) is 31.1 Å². The van der Waals surface area contributed by atoms with Crippen molar-refractivity contribution in [2.45, 2.75) is 71.6 Å². The second-order valence-electron chi connectivity index (χ2n) is 12.0. The smallest absolute Gasteiger partial charge is 0.00105 e. The first kappa shape index (κ1) is 20.3. The SMILES string of the molecule is Cc1ccc(C2CC3C(C2)C(C)(c2cccc4c2Cc2ccccc2-4)CC3(C)C)c(C)c1. The maximum atomic E-state index is 2.61. The highest BCUT2D eigenvalue weighted by Crippen LogP contribution is 2.67. The summed E-state index contributed by atoms with van der Waals surface area (Å²) < 4.78 is 0. The molecule has 0 aliphatic heterocycles. The van der Waals surface area contributed by atoms with Crippen molar-refractivity contribution in [3.63, 3.8) is 0 Å². The summed E-state index contributed by atoms with van der Waals surface area (Å²) >= 11 is 0. The van der Waals surface area contributed by atoms with Crippen LogP contribution in [0.5, 0.6) is 0 Å². The van der Waals surface area contributed by atoms with Crippen LogP contribution in [0.25, 0.3) is 11.1 Å². The van der Waals surface area contributed by atoms with Crippen LogP contribution in [0.15, 0.2) is 60.7 Å². The van der Waals surface area contributed by atoms with Crippen LogP contribution < -0.4 is 0 Å². The predicted octanol–water partition coefficient (Wildman–Crippen LogP) is 8.37. The van der Waals surface area contributed by atoms with Gasteiger partial charge in [0.25, 0.3) is 0 Å². The van der Waals surface area contributed by atoms with Crippen LogP contribution in [0.1, 0.15) is 79.3 Å². The Kier molecular flexibility index (Phi) is 4.33. The standard InChI is InChI=1S/C32H36/c1-20-13-14-24(21(2)15-20)23-17-29-30(18-23)32(5,19-31(29,3)4)28-12-8-11-26-25-10-7-6-9-22(25)16-27(26)28/h6-15,23,29-30H,16-19H2,1-5H3. The van der Waals surface area contributed by atoms with E-state index >= 15 is 0 Å². The van der Waals surface area contributed by atoms with Gasteiger partial charge in [-0.15, -0.1) is 0 Å². The van der Waals surface area contributed by atoms with Gasteiger partial charge in [-0.2, -0.15) is 0 Å². The quantitative estimate of drug-likeness (QED) is 0.305. The molecule has 3 aromatic rings. The van der Waals surface area contributed by atoms with Gasteiger partial charge in [-0.3, -0.25) is 0 Å². The molecule has 2 fully saturated rings. The van der Waals surface area contributed by atoms with Crippen molar-refractivity contribution < 1.29 is 0 Å². The summed E-state index contributed by atoms with van der Waals surface area (Å²) in [5.74, 6) is 2.27. The maximum absolute atomic E-state index is 2.61. The van der Waals surface area contributed by atoms with E-state index in [-0.39, 0.29) is 5.41 Å². The zero-order valence-corrected chi connectivity index (χ0v) is 20.3. The number of hydrogen-bond donors (Lipinski definition) is 0. The fourth-order valence-corrected chi connectivity index (χ4v) is 8.34. The van der Waals surface area contributed by atoms with Gasteiger partial charge in [0.05, 0.1) is 0 Å². The van der Waals surface area contributed by atoms with Gasteiger partial charge in [0.1, 0.15) is 0 Å². The fourth-order valence-electron chi connectivity index (χ4n) is 8.34. The summed E-state index contributed by atoms with van der Waals surface area (Å²) in [6.07, 6.45) is 5.11. The van der Waals surface area contributed by atoms with E-state index < -0.39 is 0 Å². The molecule has 164 valence electrons. The summed E-state index contributed by atoms with van der Waals surface area (Å²) in [4.78, 5) is 0. The van der Waals surface area contributed by atoms with E-state index in [1.807, 2.05) is 0 Å². The van der Waals surface area contributed by atoms with E-state index in [1.165, 1.54) is 47.1 Å². The van der Waals surface area contributed by atoms with E-state index in [0.29, 0.717) is 11.3 Å². The Morgan fingerprint density at radius 3 is 2.34 bits per heavy atom. The molecule has 0 spiro atoms. The predicted molar refractivity (Wildman–Crippen MR) is 135 cm³/mol. The van der Waals surface area contributed by atoms with Crippen LogP contribution in [0.2, 0.25) is 0 Å². The van der Waals surface area contributed by atoms with Crippen molar-refractivity contribution in [2.24, 2.45) is 17.3 Å². The third-order valence-corrected chi connectivity index (χ3v) is 9.54. The van der Waals surface area contributed by atoms with Crippen LogP contribution in [-0.2, 0) is 11.8 Å². The highest BCUT2D eigenvalue weighted by Gasteiger charge is 2.59. The number of fused-ring (bicyclic) bond motifs is 4. The van der Waals surface area contributed by atoms with E-state index in [0.717, 1.165) is 18.3 Å². The van der Waals surface area contributed by atoms with Crippen molar-refractivity contribution in [3.8, 4) is 11.1 Å². The van der Waals surface area contributed by atoms with Crippen LogP contribution in [0.3, 0.4) is 0 Å².